The summed E-state index contributed by atoms with van der Waals surface area (Å²) in [5, 5.41) is 6.97. The molecule has 1 amide bonds. The van der Waals surface area contributed by atoms with Crippen LogP contribution in [0.25, 0.3) is 32.9 Å². The summed E-state index contributed by atoms with van der Waals surface area (Å²) in [7, 11) is 3.74. The molecule has 12 nitrogen and oxygen atoms in total. The number of likely N-dealkylation sites (N-methyl/N-ethyl adjacent to an activating group) is 1. The van der Waals surface area contributed by atoms with Crippen LogP contribution in [0.5, 0.6) is 5.75 Å². The van der Waals surface area contributed by atoms with Gasteiger partial charge in [-0.2, -0.15) is 10.1 Å². The van der Waals surface area contributed by atoms with Crippen LogP contribution in [0.15, 0.2) is 29.2 Å². The molecule has 2 aromatic carbocycles. The third-order valence-electron chi connectivity index (χ3n) is 10.3. The van der Waals surface area contributed by atoms with E-state index in [0.717, 1.165) is 72.7 Å². The highest BCUT2D eigenvalue weighted by Crippen LogP contribution is 2.47. The Balaban J connectivity index is 1.38. The average Bonchev–Trinajstić information content (AvgIpc) is 3.71. The molecule has 2 aromatic heterocycles. The Bertz CT molecular complexity index is 1970. The number of benzene rings is 2. The zero-order chi connectivity index (χ0) is 35.3. The predicted molar refractivity (Wildman–Crippen MR) is 196 cm³/mol. The van der Waals surface area contributed by atoms with Gasteiger partial charge in [0.2, 0.25) is 0 Å². The number of carbonyl (C=O) groups excluding carboxylic acids is 1. The van der Waals surface area contributed by atoms with E-state index in [4.69, 9.17) is 35.9 Å². The van der Waals surface area contributed by atoms with Crippen LogP contribution in [0, 0.1) is 6.92 Å². The molecule has 4 aromatic rings. The number of hydrogen-bond acceptors (Lipinski definition) is 9. The van der Waals surface area contributed by atoms with E-state index in [9.17, 15) is 9.59 Å². The molecule has 0 radical (unpaired) electrons. The van der Waals surface area contributed by atoms with Gasteiger partial charge in [0.25, 0.3) is 0 Å². The molecule has 0 aliphatic carbocycles. The number of carbonyl (C=O) groups is 1. The van der Waals surface area contributed by atoms with Crippen molar-refractivity contribution >= 4 is 45.3 Å². The second kappa shape index (κ2) is 13.7. The van der Waals surface area contributed by atoms with E-state index in [2.05, 4.69) is 35.9 Å². The number of fused-ring (bicyclic) bond motifs is 2. The highest BCUT2D eigenvalue weighted by Gasteiger charge is 2.32. The molecule has 0 spiro atoms. The Labute approximate surface area is 297 Å². The summed E-state index contributed by atoms with van der Waals surface area (Å²) in [5.74, 6) is 1.06. The molecular formula is C37H48ClN7O5. The molecule has 50 heavy (non-hydrogen) atoms. The molecule has 0 saturated carbocycles. The van der Waals surface area contributed by atoms with Crippen LogP contribution in [0.4, 0.5) is 10.6 Å². The highest BCUT2D eigenvalue weighted by atomic mass is 35.5. The maximum Gasteiger partial charge on any atom is 0.410 e. The van der Waals surface area contributed by atoms with E-state index < -0.39 is 5.60 Å². The molecule has 3 aliphatic heterocycles. The van der Waals surface area contributed by atoms with Gasteiger partial charge in [-0.1, -0.05) is 17.7 Å². The SMILES string of the molecule is COc1c(-c2c(C)ccc3c2cnn3C2CCCCO2)c(Cl)cc2c(N3CCN(C(=O)OC(C)(C)C)CC3)nc(=O)n(C[C@@H]3CCCN3C)c12. The zero-order valence-corrected chi connectivity index (χ0v) is 30.8. The van der Waals surface area contributed by atoms with Gasteiger partial charge in [0, 0.05) is 67.3 Å². The first kappa shape index (κ1) is 34.6. The van der Waals surface area contributed by atoms with Gasteiger partial charge in [-0.3, -0.25) is 4.57 Å². The summed E-state index contributed by atoms with van der Waals surface area (Å²) in [6, 6.07) is 6.29. The van der Waals surface area contributed by atoms with Crippen molar-refractivity contribution in [1.82, 2.24) is 29.1 Å². The summed E-state index contributed by atoms with van der Waals surface area (Å²) in [6.45, 7) is 11.7. The van der Waals surface area contributed by atoms with Gasteiger partial charge in [-0.15, -0.1) is 0 Å². The van der Waals surface area contributed by atoms with E-state index in [0.29, 0.717) is 60.4 Å². The maximum absolute atomic E-state index is 14.2. The van der Waals surface area contributed by atoms with Crippen molar-refractivity contribution in [1.29, 1.82) is 0 Å². The van der Waals surface area contributed by atoms with Crippen molar-refractivity contribution in [3.63, 3.8) is 0 Å². The predicted octanol–water partition coefficient (Wildman–Crippen LogP) is 6.23. The van der Waals surface area contributed by atoms with Crippen LogP contribution >= 0.6 is 11.6 Å². The molecule has 0 N–H and O–H groups in total. The molecule has 2 atom stereocenters. The fraction of sp³-hybridized carbons (Fsp3) is 0.568. The highest BCUT2D eigenvalue weighted by molar-refractivity contribution is 6.35. The molecular weight excluding hydrogens is 658 g/mol. The van der Waals surface area contributed by atoms with Crippen molar-refractivity contribution in [3.05, 3.63) is 45.5 Å². The maximum atomic E-state index is 14.2. The van der Waals surface area contributed by atoms with Crippen LogP contribution < -0.4 is 15.3 Å². The number of piperazine rings is 1. The number of aryl methyl sites for hydroxylation is 1. The standard InChI is InChI=1S/C37H48ClN7O5/c1-23-12-13-28-26(21-39-45(28)29-11-7-8-19-49-29)30(23)31-27(38)20-25-32(33(31)48-6)44(22-24-10-9-14-41(24)5)35(46)40-34(25)42-15-17-43(18-16-42)36(47)50-37(2,3)4/h12-13,20-21,24,29H,7-11,14-19,22H2,1-6H3/t24-,29?/m0/s1. The summed E-state index contributed by atoms with van der Waals surface area (Å²) in [4.78, 5) is 37.8. The summed E-state index contributed by atoms with van der Waals surface area (Å²) < 4.78 is 21.8. The molecule has 3 saturated heterocycles. The van der Waals surface area contributed by atoms with Gasteiger partial charge in [0.15, 0.2) is 12.0 Å². The Kier molecular flexibility index (Phi) is 9.46. The number of methoxy groups -OCH3 is 1. The van der Waals surface area contributed by atoms with E-state index in [1.54, 1.807) is 16.6 Å². The smallest absolute Gasteiger partial charge is 0.410 e. The van der Waals surface area contributed by atoms with Gasteiger partial charge in [-0.05, 0) is 91.1 Å². The number of anilines is 1. The lowest BCUT2D eigenvalue weighted by molar-refractivity contribution is -0.0366. The van der Waals surface area contributed by atoms with Gasteiger partial charge >= 0.3 is 11.8 Å². The lowest BCUT2D eigenvalue weighted by atomic mass is 9.94. The van der Waals surface area contributed by atoms with E-state index in [-0.39, 0.29) is 24.1 Å². The summed E-state index contributed by atoms with van der Waals surface area (Å²) in [5.41, 5.74) is 3.34. The molecule has 7 rings (SSSR count). The monoisotopic (exact) mass is 705 g/mol. The van der Waals surface area contributed by atoms with Crippen molar-refractivity contribution in [3.8, 4) is 16.9 Å². The largest absolute Gasteiger partial charge is 0.494 e. The number of amides is 1. The lowest BCUT2D eigenvalue weighted by Crippen LogP contribution is -2.50. The molecule has 1 unspecified atom stereocenters. The number of hydrogen-bond donors (Lipinski definition) is 0. The summed E-state index contributed by atoms with van der Waals surface area (Å²) in [6.07, 6.45) is 6.54. The quantitative estimate of drug-likeness (QED) is 0.231. The first-order chi connectivity index (χ1) is 23.9. The molecule has 3 fully saturated rings. The Hall–Kier alpha value is -3.87. The Morgan fingerprint density at radius 2 is 1.82 bits per heavy atom. The van der Waals surface area contributed by atoms with Crippen LogP contribution in [-0.2, 0) is 16.0 Å². The van der Waals surface area contributed by atoms with Gasteiger partial charge < -0.3 is 28.9 Å². The summed E-state index contributed by atoms with van der Waals surface area (Å²) >= 11 is 7.33. The zero-order valence-electron chi connectivity index (χ0n) is 30.0. The van der Waals surface area contributed by atoms with Crippen LogP contribution in [-0.4, -0.2) is 100 Å². The minimum Gasteiger partial charge on any atom is -0.494 e. The third kappa shape index (κ3) is 6.41. The van der Waals surface area contributed by atoms with Gasteiger partial charge in [0.1, 0.15) is 11.4 Å². The number of ether oxygens (including phenoxy) is 3. The second-order valence-corrected chi connectivity index (χ2v) is 15.2. The van der Waals surface area contributed by atoms with E-state index in [1.165, 1.54) is 0 Å². The minimum absolute atomic E-state index is 0.122. The van der Waals surface area contributed by atoms with Crippen molar-refractivity contribution in [2.75, 3.05) is 58.4 Å². The first-order valence-corrected chi connectivity index (χ1v) is 18.2. The molecule has 0 bridgehead atoms. The number of likely N-dealkylation sites (tertiary alicyclic amines) is 1. The number of halogens is 1. The van der Waals surface area contributed by atoms with E-state index in [1.807, 2.05) is 37.7 Å². The second-order valence-electron chi connectivity index (χ2n) is 14.8. The van der Waals surface area contributed by atoms with E-state index >= 15 is 0 Å². The van der Waals surface area contributed by atoms with Crippen LogP contribution in [0.2, 0.25) is 5.02 Å². The third-order valence-corrected chi connectivity index (χ3v) is 10.6. The van der Waals surface area contributed by atoms with Crippen LogP contribution in [0.3, 0.4) is 0 Å². The minimum atomic E-state index is -0.583. The Morgan fingerprint density at radius 1 is 1.04 bits per heavy atom. The number of nitrogens with zero attached hydrogens (tertiary/aromatic N) is 7. The van der Waals surface area contributed by atoms with Crippen molar-refractivity contribution < 1.29 is 19.0 Å². The average molecular weight is 706 g/mol. The number of aromatic nitrogens is 4. The fourth-order valence-electron chi connectivity index (χ4n) is 7.76. The van der Waals surface area contributed by atoms with Crippen molar-refractivity contribution in [2.24, 2.45) is 0 Å². The van der Waals surface area contributed by atoms with Crippen LogP contribution in [0.1, 0.15) is 64.7 Å². The van der Waals surface area contributed by atoms with Crippen molar-refractivity contribution in [2.45, 2.75) is 84.2 Å². The fourth-order valence-corrected chi connectivity index (χ4v) is 8.05. The molecule has 3 aliphatic rings. The molecule has 13 heteroatoms. The Morgan fingerprint density at radius 3 is 2.48 bits per heavy atom. The topological polar surface area (TPSA) is 107 Å². The van der Waals surface area contributed by atoms with Gasteiger partial charge in [0.05, 0.1) is 29.4 Å². The molecule has 268 valence electrons. The normalized spacial score (nSPS) is 20.6. The first-order valence-electron chi connectivity index (χ1n) is 17.8. The molecule has 5 heterocycles. The van der Waals surface area contributed by atoms with Gasteiger partial charge in [-0.25, -0.2) is 14.3 Å². The number of rotatable bonds is 6. The lowest BCUT2D eigenvalue weighted by Gasteiger charge is -2.36.